The summed E-state index contributed by atoms with van der Waals surface area (Å²) in [5.41, 5.74) is 3.59. The second-order valence-corrected chi connectivity index (χ2v) is 4.75. The van der Waals surface area contributed by atoms with Gasteiger partial charge in [-0.3, -0.25) is 10.2 Å². The molecule has 1 amide bonds. The number of hydrazine groups is 1. The summed E-state index contributed by atoms with van der Waals surface area (Å²) < 4.78 is 0.858. The number of rotatable bonds is 6. The highest BCUT2D eigenvalue weighted by molar-refractivity contribution is 9.10. The van der Waals surface area contributed by atoms with Crippen molar-refractivity contribution in [3.63, 3.8) is 0 Å². The van der Waals surface area contributed by atoms with E-state index in [0.717, 1.165) is 23.1 Å². The minimum absolute atomic E-state index is 0.289. The summed E-state index contributed by atoms with van der Waals surface area (Å²) in [4.78, 5) is 11.4. The summed E-state index contributed by atoms with van der Waals surface area (Å²) in [6, 6.07) is 5.47. The summed E-state index contributed by atoms with van der Waals surface area (Å²) >= 11 is 3.37. The summed E-state index contributed by atoms with van der Waals surface area (Å²) in [6.45, 7) is 3.08. The van der Waals surface area contributed by atoms with Crippen molar-refractivity contribution in [2.45, 2.75) is 26.2 Å². The molecule has 1 aromatic carbocycles. The van der Waals surface area contributed by atoms with Crippen LogP contribution in [0.3, 0.4) is 0 Å². The minimum Gasteiger partial charge on any atom is -0.385 e. The molecule has 0 aliphatic carbocycles. The Balaban J connectivity index is 2.65. The summed E-state index contributed by atoms with van der Waals surface area (Å²) in [7, 11) is 0. The van der Waals surface area contributed by atoms with Crippen molar-refractivity contribution >= 4 is 27.5 Å². The number of benzene rings is 1. The normalized spacial score (nSPS) is 10.1. The van der Waals surface area contributed by atoms with Crippen LogP contribution in [0, 0.1) is 0 Å². The number of nitrogen functional groups attached to an aromatic ring is 1. The second kappa shape index (κ2) is 7.29. The lowest BCUT2D eigenvalue weighted by Crippen LogP contribution is -2.30. The number of hydrogen-bond acceptors (Lipinski definition) is 3. The molecule has 1 rings (SSSR count). The molecule has 0 radical (unpaired) electrons. The van der Waals surface area contributed by atoms with Gasteiger partial charge in [-0.15, -0.1) is 0 Å². The Morgan fingerprint density at radius 1 is 1.35 bits per heavy atom. The molecular weight excluding hydrogens is 282 g/mol. The van der Waals surface area contributed by atoms with Crippen molar-refractivity contribution in [3.05, 3.63) is 28.2 Å². The first-order chi connectivity index (χ1) is 8.17. The van der Waals surface area contributed by atoms with E-state index >= 15 is 0 Å². The Hall–Kier alpha value is -1.07. The number of carbonyl (C=O) groups is 1. The molecule has 0 saturated carbocycles. The molecule has 4 N–H and O–H groups in total. The van der Waals surface area contributed by atoms with E-state index in [1.165, 1.54) is 12.8 Å². The van der Waals surface area contributed by atoms with Gasteiger partial charge in [0, 0.05) is 22.3 Å². The van der Waals surface area contributed by atoms with E-state index < -0.39 is 0 Å². The van der Waals surface area contributed by atoms with Gasteiger partial charge < -0.3 is 5.32 Å². The highest BCUT2D eigenvalue weighted by Crippen LogP contribution is 2.19. The molecule has 0 aliphatic rings. The molecule has 94 valence electrons. The van der Waals surface area contributed by atoms with Crippen LogP contribution in [0.25, 0.3) is 0 Å². The van der Waals surface area contributed by atoms with E-state index in [1.54, 1.807) is 12.1 Å². The zero-order valence-electron chi connectivity index (χ0n) is 9.92. The first-order valence-electron chi connectivity index (χ1n) is 5.72. The topological polar surface area (TPSA) is 67.2 Å². The van der Waals surface area contributed by atoms with Gasteiger partial charge in [-0.05, 0) is 24.6 Å². The van der Waals surface area contributed by atoms with Gasteiger partial charge in [0.1, 0.15) is 0 Å². The molecule has 0 spiro atoms. The Labute approximate surface area is 110 Å². The van der Waals surface area contributed by atoms with E-state index in [0.29, 0.717) is 5.56 Å². The Morgan fingerprint density at radius 3 is 2.76 bits per heavy atom. The van der Waals surface area contributed by atoms with Gasteiger partial charge in [0.25, 0.3) is 5.91 Å². The molecule has 17 heavy (non-hydrogen) atoms. The molecule has 0 saturated heterocycles. The van der Waals surface area contributed by atoms with Gasteiger partial charge in [0.05, 0.1) is 0 Å². The summed E-state index contributed by atoms with van der Waals surface area (Å²) in [6.07, 6.45) is 3.53. The Morgan fingerprint density at radius 2 is 2.12 bits per heavy atom. The lowest BCUT2D eigenvalue weighted by molar-refractivity contribution is 0.0953. The van der Waals surface area contributed by atoms with Gasteiger partial charge >= 0.3 is 0 Å². The standard InChI is InChI=1S/C12H18BrN3O/c1-2-3-4-5-15-11-7-9(12(17)16-14)6-10(13)8-11/h6-8,15H,2-5,14H2,1H3,(H,16,17). The first-order valence-corrected chi connectivity index (χ1v) is 6.52. The van der Waals surface area contributed by atoms with Crippen LogP contribution in [0.4, 0.5) is 5.69 Å². The minimum atomic E-state index is -0.289. The molecule has 1 aromatic rings. The number of carbonyl (C=O) groups excluding carboxylic acids is 1. The maximum absolute atomic E-state index is 11.4. The quantitative estimate of drug-likeness (QED) is 0.327. The largest absolute Gasteiger partial charge is 0.385 e. The molecule has 0 atom stereocenters. The Kier molecular flexibility index (Phi) is 6.00. The van der Waals surface area contributed by atoms with Gasteiger partial charge in [-0.1, -0.05) is 35.7 Å². The SMILES string of the molecule is CCCCCNc1cc(Br)cc(C(=O)NN)c1. The third-order valence-corrected chi connectivity index (χ3v) is 2.86. The zero-order valence-corrected chi connectivity index (χ0v) is 11.5. The van der Waals surface area contributed by atoms with Crippen molar-refractivity contribution in [1.29, 1.82) is 0 Å². The molecule has 0 aromatic heterocycles. The number of hydrogen-bond donors (Lipinski definition) is 3. The fourth-order valence-electron chi connectivity index (χ4n) is 1.51. The predicted molar refractivity (Wildman–Crippen MR) is 73.8 cm³/mol. The second-order valence-electron chi connectivity index (χ2n) is 3.84. The Bertz CT molecular complexity index is 382. The molecule has 0 bridgehead atoms. The lowest BCUT2D eigenvalue weighted by Gasteiger charge is -2.08. The van der Waals surface area contributed by atoms with E-state index in [9.17, 15) is 4.79 Å². The fourth-order valence-corrected chi connectivity index (χ4v) is 2.01. The van der Waals surface area contributed by atoms with E-state index in [2.05, 4.69) is 33.6 Å². The molecule has 0 aliphatic heterocycles. The monoisotopic (exact) mass is 299 g/mol. The average Bonchev–Trinajstić information content (AvgIpc) is 2.33. The molecule has 0 heterocycles. The van der Waals surface area contributed by atoms with Crippen LogP contribution in [-0.4, -0.2) is 12.5 Å². The maximum atomic E-state index is 11.4. The number of halogens is 1. The number of nitrogens with two attached hydrogens (primary N) is 1. The van der Waals surface area contributed by atoms with Crippen molar-refractivity contribution in [2.75, 3.05) is 11.9 Å². The summed E-state index contributed by atoms with van der Waals surface area (Å²) in [5, 5.41) is 3.29. The van der Waals surface area contributed by atoms with Gasteiger partial charge in [0.15, 0.2) is 0 Å². The van der Waals surface area contributed by atoms with E-state index in [1.807, 2.05) is 6.07 Å². The molecule has 4 nitrogen and oxygen atoms in total. The fraction of sp³-hybridized carbons (Fsp3) is 0.417. The van der Waals surface area contributed by atoms with Gasteiger partial charge in [0.2, 0.25) is 0 Å². The van der Waals surface area contributed by atoms with Crippen molar-refractivity contribution in [2.24, 2.45) is 5.84 Å². The molecule has 0 fully saturated rings. The van der Waals surface area contributed by atoms with E-state index in [-0.39, 0.29) is 5.91 Å². The number of amides is 1. The number of nitrogens with one attached hydrogen (secondary N) is 2. The third kappa shape index (κ3) is 4.75. The molecule has 0 unspecified atom stereocenters. The third-order valence-electron chi connectivity index (χ3n) is 2.40. The van der Waals surface area contributed by atoms with Crippen LogP contribution >= 0.6 is 15.9 Å². The highest BCUT2D eigenvalue weighted by Gasteiger charge is 2.06. The average molecular weight is 300 g/mol. The van der Waals surface area contributed by atoms with Crippen LogP contribution < -0.4 is 16.6 Å². The smallest absolute Gasteiger partial charge is 0.265 e. The van der Waals surface area contributed by atoms with Crippen LogP contribution in [0.15, 0.2) is 22.7 Å². The van der Waals surface area contributed by atoms with E-state index in [4.69, 9.17) is 5.84 Å². The van der Waals surface area contributed by atoms with Crippen LogP contribution in [0.1, 0.15) is 36.5 Å². The maximum Gasteiger partial charge on any atom is 0.265 e. The molecular formula is C12H18BrN3O. The van der Waals surface area contributed by atoms with Crippen LogP contribution in [0.2, 0.25) is 0 Å². The van der Waals surface area contributed by atoms with Crippen LogP contribution in [0.5, 0.6) is 0 Å². The van der Waals surface area contributed by atoms with Crippen molar-refractivity contribution in [3.8, 4) is 0 Å². The highest BCUT2D eigenvalue weighted by atomic mass is 79.9. The number of unbranched alkanes of at least 4 members (excludes halogenated alkanes) is 2. The van der Waals surface area contributed by atoms with Gasteiger partial charge in [-0.25, -0.2) is 5.84 Å². The van der Waals surface area contributed by atoms with Crippen molar-refractivity contribution < 1.29 is 4.79 Å². The van der Waals surface area contributed by atoms with Crippen molar-refractivity contribution in [1.82, 2.24) is 5.43 Å². The predicted octanol–water partition coefficient (Wildman–Crippen LogP) is 2.65. The van der Waals surface area contributed by atoms with Crippen LogP contribution in [-0.2, 0) is 0 Å². The molecule has 5 heteroatoms. The first kappa shape index (κ1) is 14.0. The lowest BCUT2D eigenvalue weighted by atomic mass is 10.2. The summed E-state index contributed by atoms with van der Waals surface area (Å²) in [5.74, 6) is 4.82. The van der Waals surface area contributed by atoms with Gasteiger partial charge in [-0.2, -0.15) is 0 Å². The number of anilines is 1. The zero-order chi connectivity index (χ0) is 12.7.